The number of nitrogens with zero attached hydrogens (tertiary/aromatic N) is 1. The third kappa shape index (κ3) is 2.95. The van der Waals surface area contributed by atoms with Crippen LogP contribution in [0.25, 0.3) is 0 Å². The highest BCUT2D eigenvalue weighted by atomic mass is 35.5. The number of rotatable bonds is 3. The molecule has 20 heavy (non-hydrogen) atoms. The summed E-state index contributed by atoms with van der Waals surface area (Å²) in [4.78, 5) is 3.38. The van der Waals surface area contributed by atoms with Gasteiger partial charge in [-0.25, -0.2) is 17.8 Å². The zero-order valence-electron chi connectivity index (χ0n) is 9.77. The molecule has 0 atom stereocenters. The van der Waals surface area contributed by atoms with Crippen LogP contribution in [-0.4, -0.2) is 13.4 Å². The topological polar surface area (TPSA) is 85.1 Å². The molecule has 0 fully saturated rings. The molecular formula is C11H8Cl2FN3O2S. The Kier molecular flexibility index (Phi) is 4.03. The molecule has 0 unspecified atom stereocenters. The van der Waals surface area contributed by atoms with E-state index in [-0.39, 0.29) is 26.4 Å². The van der Waals surface area contributed by atoms with Gasteiger partial charge in [-0.1, -0.05) is 23.2 Å². The number of anilines is 2. The monoisotopic (exact) mass is 335 g/mol. The summed E-state index contributed by atoms with van der Waals surface area (Å²) in [5, 5.41) is -0.313. The second-order valence-corrected chi connectivity index (χ2v) is 6.17. The van der Waals surface area contributed by atoms with Gasteiger partial charge in [-0.2, -0.15) is 0 Å². The van der Waals surface area contributed by atoms with E-state index >= 15 is 0 Å². The summed E-state index contributed by atoms with van der Waals surface area (Å²) in [5.41, 5.74) is 5.10. The third-order valence-electron chi connectivity index (χ3n) is 2.34. The molecule has 0 amide bonds. The number of hydrogen-bond acceptors (Lipinski definition) is 4. The Bertz CT molecular complexity index is 768. The van der Waals surface area contributed by atoms with Gasteiger partial charge in [-0.15, -0.1) is 0 Å². The van der Waals surface area contributed by atoms with Gasteiger partial charge in [0.15, 0.2) is 5.15 Å². The molecule has 0 spiro atoms. The number of aromatic nitrogens is 1. The van der Waals surface area contributed by atoms with Crippen LogP contribution in [0.3, 0.4) is 0 Å². The molecule has 0 aliphatic carbocycles. The summed E-state index contributed by atoms with van der Waals surface area (Å²) in [6.07, 6.45) is 1.41. The minimum Gasteiger partial charge on any atom is -0.396 e. The standard InChI is InChI=1S/C11H8Cl2FN3O2S/c12-6-4-7(14)8(15)5-10(6)20(18,19)17-9-2-1-3-16-11(9)13/h1-5,17H,15H2. The van der Waals surface area contributed by atoms with Crippen molar-refractivity contribution < 1.29 is 12.8 Å². The number of sulfonamides is 1. The maximum atomic E-state index is 13.2. The molecule has 3 N–H and O–H groups in total. The van der Waals surface area contributed by atoms with Crippen LogP contribution in [0.15, 0.2) is 35.4 Å². The predicted molar refractivity (Wildman–Crippen MR) is 75.9 cm³/mol. The van der Waals surface area contributed by atoms with Crippen molar-refractivity contribution in [3.8, 4) is 0 Å². The second kappa shape index (κ2) is 5.43. The Balaban J connectivity index is 2.47. The first kappa shape index (κ1) is 14.8. The van der Waals surface area contributed by atoms with Crippen LogP contribution in [0, 0.1) is 5.82 Å². The number of nitrogen functional groups attached to an aromatic ring is 1. The normalized spacial score (nSPS) is 11.3. The molecule has 9 heteroatoms. The van der Waals surface area contributed by atoms with Crippen molar-refractivity contribution in [3.05, 3.63) is 46.5 Å². The Morgan fingerprint density at radius 1 is 1.30 bits per heavy atom. The fraction of sp³-hybridized carbons (Fsp3) is 0. The van der Waals surface area contributed by atoms with Crippen molar-refractivity contribution in [3.63, 3.8) is 0 Å². The molecule has 0 saturated carbocycles. The smallest absolute Gasteiger partial charge is 0.263 e. The van der Waals surface area contributed by atoms with Gasteiger partial charge < -0.3 is 5.73 Å². The van der Waals surface area contributed by atoms with Gasteiger partial charge >= 0.3 is 0 Å². The Labute approximate surface area is 124 Å². The SMILES string of the molecule is Nc1cc(S(=O)(=O)Nc2cccnc2Cl)c(Cl)cc1F. The molecule has 106 valence electrons. The van der Waals surface area contributed by atoms with Crippen LogP contribution in [0.4, 0.5) is 15.8 Å². The lowest BCUT2D eigenvalue weighted by molar-refractivity contribution is 0.600. The molecule has 1 aromatic heterocycles. The zero-order chi connectivity index (χ0) is 14.9. The average molecular weight is 336 g/mol. The maximum absolute atomic E-state index is 13.2. The molecule has 5 nitrogen and oxygen atoms in total. The van der Waals surface area contributed by atoms with Gasteiger partial charge in [0.25, 0.3) is 10.0 Å². The lowest BCUT2D eigenvalue weighted by Gasteiger charge is -2.11. The predicted octanol–water partition coefficient (Wildman–Crippen LogP) is 2.91. The van der Waals surface area contributed by atoms with E-state index in [1.165, 1.54) is 18.3 Å². The Morgan fingerprint density at radius 3 is 2.65 bits per heavy atom. The van der Waals surface area contributed by atoms with Crippen LogP contribution in [0.1, 0.15) is 0 Å². The number of nitrogens with two attached hydrogens (primary N) is 1. The van der Waals surface area contributed by atoms with Gasteiger partial charge in [-0.3, -0.25) is 4.72 Å². The van der Waals surface area contributed by atoms with E-state index in [1.54, 1.807) is 0 Å². The Morgan fingerprint density at radius 2 is 2.00 bits per heavy atom. The lowest BCUT2D eigenvalue weighted by atomic mass is 10.3. The fourth-order valence-electron chi connectivity index (χ4n) is 1.41. The molecule has 1 heterocycles. The highest BCUT2D eigenvalue weighted by Crippen LogP contribution is 2.29. The van der Waals surface area contributed by atoms with E-state index in [0.29, 0.717) is 0 Å². The van der Waals surface area contributed by atoms with Crippen molar-refractivity contribution in [1.29, 1.82) is 0 Å². The zero-order valence-corrected chi connectivity index (χ0v) is 12.1. The van der Waals surface area contributed by atoms with Crippen LogP contribution in [-0.2, 0) is 10.0 Å². The highest BCUT2D eigenvalue weighted by molar-refractivity contribution is 7.92. The van der Waals surface area contributed by atoms with E-state index in [9.17, 15) is 12.8 Å². The van der Waals surface area contributed by atoms with Crippen molar-refractivity contribution in [2.45, 2.75) is 4.90 Å². The minimum atomic E-state index is -4.06. The molecule has 0 aliphatic heterocycles. The number of hydrogen-bond donors (Lipinski definition) is 2. The van der Waals surface area contributed by atoms with Crippen molar-refractivity contribution >= 4 is 44.6 Å². The maximum Gasteiger partial charge on any atom is 0.263 e. The van der Waals surface area contributed by atoms with Crippen LogP contribution >= 0.6 is 23.2 Å². The van der Waals surface area contributed by atoms with E-state index in [2.05, 4.69) is 9.71 Å². The van der Waals surface area contributed by atoms with Gasteiger partial charge in [0.2, 0.25) is 0 Å². The summed E-state index contributed by atoms with van der Waals surface area (Å²) in [6, 6.07) is 4.69. The molecule has 0 radical (unpaired) electrons. The lowest BCUT2D eigenvalue weighted by Crippen LogP contribution is -2.14. The summed E-state index contributed by atoms with van der Waals surface area (Å²) in [7, 11) is -4.06. The van der Waals surface area contributed by atoms with Crippen LogP contribution in [0.2, 0.25) is 10.2 Å². The second-order valence-electron chi connectivity index (χ2n) is 3.75. The van der Waals surface area contributed by atoms with E-state index in [4.69, 9.17) is 28.9 Å². The summed E-state index contributed by atoms with van der Waals surface area (Å²) >= 11 is 11.5. The van der Waals surface area contributed by atoms with Gasteiger partial charge in [0, 0.05) is 6.20 Å². The largest absolute Gasteiger partial charge is 0.396 e. The van der Waals surface area contributed by atoms with Crippen molar-refractivity contribution in [2.24, 2.45) is 0 Å². The van der Waals surface area contributed by atoms with E-state index < -0.39 is 15.8 Å². The van der Waals surface area contributed by atoms with Crippen LogP contribution < -0.4 is 10.5 Å². The number of nitrogens with one attached hydrogen (secondary N) is 1. The van der Waals surface area contributed by atoms with Gasteiger partial charge in [0.05, 0.1) is 16.4 Å². The average Bonchev–Trinajstić information content (AvgIpc) is 2.36. The molecule has 2 rings (SSSR count). The van der Waals surface area contributed by atoms with Crippen molar-refractivity contribution in [1.82, 2.24) is 4.98 Å². The van der Waals surface area contributed by atoms with E-state index in [1.807, 2.05) is 0 Å². The highest BCUT2D eigenvalue weighted by Gasteiger charge is 2.21. The van der Waals surface area contributed by atoms with E-state index in [0.717, 1.165) is 12.1 Å². The molecule has 0 bridgehead atoms. The number of halogens is 3. The molecule has 2 aromatic rings. The molecule has 1 aromatic carbocycles. The minimum absolute atomic E-state index is 0.0257. The molecule has 0 aliphatic rings. The molecule has 0 saturated heterocycles. The number of pyridine rings is 1. The quantitative estimate of drug-likeness (QED) is 0.667. The van der Waals surface area contributed by atoms with Crippen LogP contribution in [0.5, 0.6) is 0 Å². The summed E-state index contributed by atoms with van der Waals surface area (Å²) in [6.45, 7) is 0. The fourth-order valence-corrected chi connectivity index (χ4v) is 3.25. The first-order valence-corrected chi connectivity index (χ1v) is 7.43. The Hall–Kier alpha value is -1.57. The summed E-state index contributed by atoms with van der Waals surface area (Å²) in [5.74, 6) is -0.798. The van der Waals surface area contributed by atoms with Gasteiger partial charge in [-0.05, 0) is 24.3 Å². The number of benzene rings is 1. The first-order chi connectivity index (χ1) is 9.31. The first-order valence-electron chi connectivity index (χ1n) is 5.19. The third-order valence-corrected chi connectivity index (χ3v) is 4.48. The molecular weight excluding hydrogens is 328 g/mol. The summed E-state index contributed by atoms with van der Waals surface area (Å²) < 4.78 is 39.7. The van der Waals surface area contributed by atoms with Gasteiger partial charge in [0.1, 0.15) is 10.7 Å². The van der Waals surface area contributed by atoms with Crippen molar-refractivity contribution in [2.75, 3.05) is 10.5 Å².